The predicted octanol–water partition coefficient (Wildman–Crippen LogP) is 2.50. The lowest BCUT2D eigenvalue weighted by atomic mass is 10.2. The molecule has 19 heavy (non-hydrogen) atoms. The topological polar surface area (TPSA) is 34.8 Å². The standard InChI is InChI=1S/C15H24N4/c1-5-19-13(3)8-15(14(19)4)9-17-12(2)10-18-7-6-16-11-18/h6-8,11-12,17H,5,9-10H2,1-4H3. The number of nitrogens with zero attached hydrogens (tertiary/aromatic N) is 3. The van der Waals surface area contributed by atoms with Crippen LogP contribution in [0.3, 0.4) is 0 Å². The van der Waals surface area contributed by atoms with Crippen molar-refractivity contribution in [3.05, 3.63) is 41.7 Å². The lowest BCUT2D eigenvalue weighted by molar-refractivity contribution is 0.475. The van der Waals surface area contributed by atoms with Gasteiger partial charge in [0, 0.05) is 49.5 Å². The van der Waals surface area contributed by atoms with Crippen LogP contribution in [0.25, 0.3) is 0 Å². The van der Waals surface area contributed by atoms with Crippen LogP contribution in [0.2, 0.25) is 0 Å². The summed E-state index contributed by atoms with van der Waals surface area (Å²) in [5.74, 6) is 0. The Bertz CT molecular complexity index is 510. The number of hydrogen-bond acceptors (Lipinski definition) is 2. The van der Waals surface area contributed by atoms with E-state index in [1.165, 1.54) is 17.0 Å². The van der Waals surface area contributed by atoms with E-state index in [0.29, 0.717) is 6.04 Å². The summed E-state index contributed by atoms with van der Waals surface area (Å²) in [6.07, 6.45) is 5.68. The Labute approximate surface area is 115 Å². The molecule has 0 bridgehead atoms. The zero-order valence-corrected chi connectivity index (χ0v) is 12.3. The molecular formula is C15H24N4. The molecule has 0 aromatic carbocycles. The maximum atomic E-state index is 4.07. The van der Waals surface area contributed by atoms with Gasteiger partial charge in [0.05, 0.1) is 6.33 Å². The molecule has 2 aromatic rings. The number of hydrogen-bond donors (Lipinski definition) is 1. The summed E-state index contributed by atoms with van der Waals surface area (Å²) in [5, 5.41) is 3.58. The third-order valence-corrected chi connectivity index (χ3v) is 3.68. The fourth-order valence-electron chi connectivity index (χ4n) is 2.60. The summed E-state index contributed by atoms with van der Waals surface area (Å²) in [5.41, 5.74) is 4.12. The van der Waals surface area contributed by atoms with Crippen LogP contribution in [-0.2, 0) is 19.6 Å². The molecule has 4 nitrogen and oxygen atoms in total. The van der Waals surface area contributed by atoms with Gasteiger partial charge < -0.3 is 14.5 Å². The molecule has 2 aromatic heterocycles. The third-order valence-electron chi connectivity index (χ3n) is 3.68. The molecule has 1 N–H and O–H groups in total. The minimum Gasteiger partial charge on any atom is -0.349 e. The van der Waals surface area contributed by atoms with E-state index >= 15 is 0 Å². The number of aryl methyl sites for hydroxylation is 1. The van der Waals surface area contributed by atoms with Gasteiger partial charge in [-0.15, -0.1) is 0 Å². The van der Waals surface area contributed by atoms with E-state index in [4.69, 9.17) is 0 Å². The van der Waals surface area contributed by atoms with E-state index in [9.17, 15) is 0 Å². The number of aromatic nitrogens is 3. The van der Waals surface area contributed by atoms with E-state index in [1.54, 1.807) is 0 Å². The first kappa shape index (κ1) is 13.9. The molecule has 0 amide bonds. The average Bonchev–Trinajstić information content (AvgIpc) is 2.96. The lowest BCUT2D eigenvalue weighted by Gasteiger charge is -2.14. The van der Waals surface area contributed by atoms with Crippen LogP contribution in [0, 0.1) is 13.8 Å². The van der Waals surface area contributed by atoms with E-state index in [0.717, 1.165) is 19.6 Å². The molecule has 0 spiro atoms. The maximum absolute atomic E-state index is 4.07. The molecule has 1 unspecified atom stereocenters. The largest absolute Gasteiger partial charge is 0.349 e. The molecule has 0 radical (unpaired) electrons. The highest BCUT2D eigenvalue weighted by Gasteiger charge is 2.09. The van der Waals surface area contributed by atoms with Crippen molar-refractivity contribution >= 4 is 0 Å². The smallest absolute Gasteiger partial charge is 0.0946 e. The normalized spacial score (nSPS) is 12.8. The summed E-state index contributed by atoms with van der Waals surface area (Å²) in [7, 11) is 0. The van der Waals surface area contributed by atoms with Crippen molar-refractivity contribution in [3.63, 3.8) is 0 Å². The molecule has 2 rings (SSSR count). The molecule has 0 aliphatic carbocycles. The molecule has 0 fully saturated rings. The second-order valence-corrected chi connectivity index (χ2v) is 5.18. The first-order chi connectivity index (χ1) is 9.11. The molecule has 0 saturated heterocycles. The van der Waals surface area contributed by atoms with Gasteiger partial charge >= 0.3 is 0 Å². The molecule has 0 aliphatic heterocycles. The van der Waals surface area contributed by atoms with Crippen LogP contribution < -0.4 is 5.32 Å². The van der Waals surface area contributed by atoms with Gasteiger partial charge in [0.1, 0.15) is 0 Å². The average molecular weight is 260 g/mol. The Morgan fingerprint density at radius 2 is 2.16 bits per heavy atom. The SMILES string of the molecule is CCn1c(C)cc(CNC(C)Cn2ccnc2)c1C. The van der Waals surface area contributed by atoms with Crippen molar-refractivity contribution in [2.75, 3.05) is 0 Å². The third kappa shape index (κ3) is 3.26. The van der Waals surface area contributed by atoms with Crippen molar-refractivity contribution in [1.82, 2.24) is 19.4 Å². The van der Waals surface area contributed by atoms with E-state index < -0.39 is 0 Å². The van der Waals surface area contributed by atoms with Crippen molar-refractivity contribution in [2.45, 2.75) is 53.4 Å². The highest BCUT2D eigenvalue weighted by atomic mass is 15.1. The Balaban J connectivity index is 1.91. The molecule has 4 heteroatoms. The fourth-order valence-corrected chi connectivity index (χ4v) is 2.60. The van der Waals surface area contributed by atoms with Gasteiger partial charge in [-0.05, 0) is 39.3 Å². The number of imidazole rings is 1. The zero-order valence-electron chi connectivity index (χ0n) is 12.3. The molecule has 1 atom stereocenters. The van der Waals surface area contributed by atoms with Crippen molar-refractivity contribution in [3.8, 4) is 0 Å². The minimum absolute atomic E-state index is 0.430. The first-order valence-electron chi connectivity index (χ1n) is 6.96. The summed E-state index contributed by atoms with van der Waals surface area (Å²) in [4.78, 5) is 4.07. The van der Waals surface area contributed by atoms with Crippen LogP contribution in [0.1, 0.15) is 30.8 Å². The number of nitrogens with one attached hydrogen (secondary N) is 1. The van der Waals surface area contributed by atoms with E-state index in [-0.39, 0.29) is 0 Å². The molecule has 2 heterocycles. The summed E-state index contributed by atoms with van der Waals surface area (Å²) in [6, 6.07) is 2.72. The molecule has 0 saturated carbocycles. The van der Waals surface area contributed by atoms with Crippen LogP contribution in [0.4, 0.5) is 0 Å². The number of rotatable bonds is 6. The van der Waals surface area contributed by atoms with E-state index in [2.05, 4.69) is 53.2 Å². The Hall–Kier alpha value is -1.55. The quantitative estimate of drug-likeness (QED) is 0.866. The van der Waals surface area contributed by atoms with Crippen molar-refractivity contribution in [2.24, 2.45) is 0 Å². The van der Waals surface area contributed by atoms with Gasteiger partial charge in [-0.1, -0.05) is 0 Å². The lowest BCUT2D eigenvalue weighted by Crippen LogP contribution is -2.29. The summed E-state index contributed by atoms with van der Waals surface area (Å²) in [6.45, 7) is 11.7. The van der Waals surface area contributed by atoms with Crippen LogP contribution in [0.5, 0.6) is 0 Å². The predicted molar refractivity (Wildman–Crippen MR) is 78.1 cm³/mol. The minimum atomic E-state index is 0.430. The van der Waals surface area contributed by atoms with Crippen LogP contribution in [0.15, 0.2) is 24.8 Å². The van der Waals surface area contributed by atoms with Crippen LogP contribution >= 0.6 is 0 Å². The summed E-state index contributed by atoms with van der Waals surface area (Å²) >= 11 is 0. The van der Waals surface area contributed by atoms with Gasteiger partial charge in [0.2, 0.25) is 0 Å². The highest BCUT2D eigenvalue weighted by Crippen LogP contribution is 2.14. The summed E-state index contributed by atoms with van der Waals surface area (Å²) < 4.78 is 4.46. The Morgan fingerprint density at radius 1 is 1.37 bits per heavy atom. The molecule has 0 aliphatic rings. The Morgan fingerprint density at radius 3 is 2.74 bits per heavy atom. The van der Waals surface area contributed by atoms with Gasteiger partial charge in [0.25, 0.3) is 0 Å². The molecule has 104 valence electrons. The van der Waals surface area contributed by atoms with Crippen molar-refractivity contribution < 1.29 is 0 Å². The van der Waals surface area contributed by atoms with Gasteiger partial charge in [-0.2, -0.15) is 0 Å². The maximum Gasteiger partial charge on any atom is 0.0946 e. The van der Waals surface area contributed by atoms with E-state index in [1.807, 2.05) is 18.7 Å². The van der Waals surface area contributed by atoms with Crippen LogP contribution in [-0.4, -0.2) is 20.2 Å². The monoisotopic (exact) mass is 260 g/mol. The zero-order chi connectivity index (χ0) is 13.8. The van der Waals surface area contributed by atoms with Crippen molar-refractivity contribution in [1.29, 1.82) is 0 Å². The van der Waals surface area contributed by atoms with Gasteiger partial charge in [0.15, 0.2) is 0 Å². The van der Waals surface area contributed by atoms with Gasteiger partial charge in [-0.3, -0.25) is 0 Å². The first-order valence-corrected chi connectivity index (χ1v) is 6.96. The Kier molecular flexibility index (Phi) is 4.43. The molecular weight excluding hydrogens is 236 g/mol. The highest BCUT2D eigenvalue weighted by molar-refractivity contribution is 5.26. The second-order valence-electron chi connectivity index (χ2n) is 5.18. The second kappa shape index (κ2) is 6.06. The fraction of sp³-hybridized carbons (Fsp3) is 0.533. The van der Waals surface area contributed by atoms with Gasteiger partial charge in [-0.25, -0.2) is 4.98 Å².